The lowest BCUT2D eigenvalue weighted by Gasteiger charge is -2.14. The first-order chi connectivity index (χ1) is 12.1. The summed E-state index contributed by atoms with van der Waals surface area (Å²) in [6.07, 6.45) is -2.09. The third-order valence-corrected chi connectivity index (χ3v) is 5.81. The molecule has 0 aliphatic heterocycles. The highest BCUT2D eigenvalue weighted by atomic mass is 79.9. The maximum Gasteiger partial charge on any atom is 0.283 e. The summed E-state index contributed by atoms with van der Waals surface area (Å²) in [7, 11) is 0. The summed E-state index contributed by atoms with van der Waals surface area (Å²) in [6, 6.07) is -0.733. The van der Waals surface area contributed by atoms with Gasteiger partial charge in [0.1, 0.15) is 11.7 Å². The number of alkyl halides is 2. The molecule has 0 aliphatic rings. The number of carbonyl (C=O) groups excluding carboxylic acids is 1. The average molecular weight is 453 g/mol. The Kier molecular flexibility index (Phi) is 6.79. The second kappa shape index (κ2) is 8.47. The molecule has 0 radical (unpaired) electrons. The van der Waals surface area contributed by atoms with E-state index in [0.717, 1.165) is 15.9 Å². The molecule has 0 saturated heterocycles. The molecule has 0 aromatic carbocycles. The van der Waals surface area contributed by atoms with Gasteiger partial charge in [-0.25, -0.2) is 8.78 Å². The number of aromatic nitrogens is 4. The Bertz CT molecular complexity index is 805. The summed E-state index contributed by atoms with van der Waals surface area (Å²) < 4.78 is 29.9. The zero-order valence-corrected chi connectivity index (χ0v) is 17.3. The number of carbonyl (C=O) groups is 1. The van der Waals surface area contributed by atoms with Gasteiger partial charge in [-0.1, -0.05) is 11.6 Å². The summed E-state index contributed by atoms with van der Waals surface area (Å²) in [4.78, 5) is 12.3. The molecule has 0 spiro atoms. The van der Waals surface area contributed by atoms with E-state index in [0.29, 0.717) is 25.2 Å². The summed E-state index contributed by atoms with van der Waals surface area (Å²) in [5.74, 6) is -0.303. The molecular formula is C16H21BrClF2N5O. The third-order valence-electron chi connectivity index (χ3n) is 4.19. The fourth-order valence-corrected chi connectivity index (χ4v) is 3.12. The fraction of sp³-hybridized carbons (Fsp3) is 0.562. The summed E-state index contributed by atoms with van der Waals surface area (Å²) in [6.45, 7) is 8.15. The molecule has 26 heavy (non-hydrogen) atoms. The van der Waals surface area contributed by atoms with E-state index in [4.69, 9.17) is 11.6 Å². The van der Waals surface area contributed by atoms with Crippen LogP contribution in [0, 0.1) is 20.8 Å². The normalized spacial score (nSPS) is 12.7. The Morgan fingerprint density at radius 1 is 1.27 bits per heavy atom. The van der Waals surface area contributed by atoms with E-state index in [9.17, 15) is 13.6 Å². The van der Waals surface area contributed by atoms with E-state index in [-0.39, 0.29) is 10.9 Å². The Balaban J connectivity index is 1.91. The first-order valence-corrected chi connectivity index (χ1v) is 9.32. The number of halogens is 4. The van der Waals surface area contributed by atoms with Crippen molar-refractivity contribution in [3.8, 4) is 0 Å². The highest BCUT2D eigenvalue weighted by Crippen LogP contribution is 2.30. The maximum atomic E-state index is 12.9. The van der Waals surface area contributed by atoms with Crippen LogP contribution in [0.25, 0.3) is 0 Å². The monoisotopic (exact) mass is 451 g/mol. The summed E-state index contributed by atoms with van der Waals surface area (Å²) in [5.41, 5.74) is 1.79. The second-order valence-corrected chi connectivity index (χ2v) is 7.23. The Morgan fingerprint density at radius 3 is 2.42 bits per heavy atom. The number of hydrogen-bond acceptors (Lipinski definition) is 3. The van der Waals surface area contributed by atoms with E-state index >= 15 is 0 Å². The highest BCUT2D eigenvalue weighted by molar-refractivity contribution is 9.10. The SMILES string of the molecule is Cc1nn(CCCNC(=O)[C@H](C)n2nc(C(F)F)c(Cl)c2C)c(C)c1Br. The molecule has 2 heterocycles. The van der Waals surface area contributed by atoms with Crippen LogP contribution in [0.3, 0.4) is 0 Å². The van der Waals surface area contributed by atoms with Gasteiger partial charge in [0.05, 0.1) is 20.9 Å². The number of rotatable bonds is 7. The first-order valence-electron chi connectivity index (χ1n) is 8.15. The number of nitrogens with zero attached hydrogens (tertiary/aromatic N) is 4. The van der Waals surface area contributed by atoms with Gasteiger partial charge in [-0.2, -0.15) is 10.2 Å². The van der Waals surface area contributed by atoms with Crippen molar-refractivity contribution in [3.05, 3.63) is 32.3 Å². The molecule has 0 fully saturated rings. The Labute approximate surface area is 164 Å². The van der Waals surface area contributed by atoms with Gasteiger partial charge in [0.15, 0.2) is 0 Å². The minimum absolute atomic E-state index is 0.102. The van der Waals surface area contributed by atoms with E-state index in [1.165, 1.54) is 4.68 Å². The van der Waals surface area contributed by atoms with Gasteiger partial charge < -0.3 is 5.32 Å². The number of nitrogens with one attached hydrogen (secondary N) is 1. The van der Waals surface area contributed by atoms with Crippen molar-refractivity contribution in [1.29, 1.82) is 0 Å². The quantitative estimate of drug-likeness (QED) is 0.643. The third kappa shape index (κ3) is 4.25. The standard InChI is InChI=1S/C16H21BrClF2N5O/c1-8-12(17)9(2)24(22-8)7-5-6-21-16(26)11(4)25-10(3)13(18)14(23-25)15(19)20/h11,15H,5-7H2,1-4H3,(H,21,26)/t11-/m0/s1. The topological polar surface area (TPSA) is 64.7 Å². The number of aryl methyl sites for hydroxylation is 2. The minimum atomic E-state index is -2.78. The van der Waals surface area contributed by atoms with Crippen LogP contribution in [-0.2, 0) is 11.3 Å². The van der Waals surface area contributed by atoms with Crippen LogP contribution in [0.2, 0.25) is 5.02 Å². The molecule has 1 N–H and O–H groups in total. The van der Waals surface area contributed by atoms with Crippen molar-refractivity contribution in [2.75, 3.05) is 6.54 Å². The molecule has 2 aromatic rings. The van der Waals surface area contributed by atoms with Crippen LogP contribution >= 0.6 is 27.5 Å². The van der Waals surface area contributed by atoms with Crippen LogP contribution in [0.4, 0.5) is 8.78 Å². The molecule has 0 unspecified atom stereocenters. The minimum Gasteiger partial charge on any atom is -0.354 e. The zero-order chi connectivity index (χ0) is 19.6. The van der Waals surface area contributed by atoms with Gasteiger partial charge in [-0.3, -0.25) is 14.2 Å². The zero-order valence-electron chi connectivity index (χ0n) is 15.0. The van der Waals surface area contributed by atoms with Crippen LogP contribution in [-0.4, -0.2) is 32.0 Å². The Hall–Kier alpha value is -1.48. The van der Waals surface area contributed by atoms with Gasteiger partial charge >= 0.3 is 0 Å². The maximum absolute atomic E-state index is 12.9. The fourth-order valence-electron chi connectivity index (χ4n) is 2.63. The van der Waals surface area contributed by atoms with Crippen molar-refractivity contribution >= 4 is 33.4 Å². The van der Waals surface area contributed by atoms with Gasteiger partial charge in [-0.15, -0.1) is 0 Å². The predicted octanol–water partition coefficient (Wildman–Crippen LogP) is 4.13. The smallest absolute Gasteiger partial charge is 0.283 e. The van der Waals surface area contributed by atoms with Crippen molar-refractivity contribution in [2.45, 2.75) is 53.1 Å². The van der Waals surface area contributed by atoms with E-state index in [2.05, 4.69) is 31.4 Å². The van der Waals surface area contributed by atoms with Crippen LogP contribution in [0.1, 0.15) is 48.6 Å². The van der Waals surface area contributed by atoms with E-state index < -0.39 is 18.2 Å². The van der Waals surface area contributed by atoms with E-state index in [1.807, 2.05) is 18.5 Å². The molecule has 1 amide bonds. The van der Waals surface area contributed by atoms with Gasteiger partial charge in [0.2, 0.25) is 5.91 Å². The molecule has 1 atom stereocenters. The molecule has 0 bridgehead atoms. The molecule has 2 aromatic heterocycles. The molecule has 2 rings (SSSR count). The molecule has 0 saturated carbocycles. The molecule has 144 valence electrons. The Morgan fingerprint density at radius 2 is 1.92 bits per heavy atom. The molecule has 0 aliphatic carbocycles. The second-order valence-electron chi connectivity index (χ2n) is 6.06. The lowest BCUT2D eigenvalue weighted by atomic mass is 10.3. The average Bonchev–Trinajstić information content (AvgIpc) is 3.02. The van der Waals surface area contributed by atoms with Crippen molar-refractivity contribution in [1.82, 2.24) is 24.9 Å². The lowest BCUT2D eigenvalue weighted by Crippen LogP contribution is -2.33. The van der Waals surface area contributed by atoms with Crippen LogP contribution in [0.15, 0.2) is 4.47 Å². The number of amides is 1. The van der Waals surface area contributed by atoms with Crippen LogP contribution < -0.4 is 5.32 Å². The molecule has 6 nitrogen and oxygen atoms in total. The summed E-state index contributed by atoms with van der Waals surface area (Å²) in [5, 5.41) is 10.9. The van der Waals surface area contributed by atoms with Crippen molar-refractivity contribution < 1.29 is 13.6 Å². The van der Waals surface area contributed by atoms with Crippen molar-refractivity contribution in [3.63, 3.8) is 0 Å². The van der Waals surface area contributed by atoms with Gasteiger partial charge in [0, 0.05) is 18.8 Å². The van der Waals surface area contributed by atoms with E-state index in [1.54, 1.807) is 13.8 Å². The summed E-state index contributed by atoms with van der Waals surface area (Å²) >= 11 is 9.35. The molecule has 10 heteroatoms. The van der Waals surface area contributed by atoms with Gasteiger partial charge in [0.25, 0.3) is 6.43 Å². The predicted molar refractivity (Wildman–Crippen MR) is 98.7 cm³/mol. The van der Waals surface area contributed by atoms with Crippen molar-refractivity contribution in [2.24, 2.45) is 0 Å². The molecular weight excluding hydrogens is 432 g/mol. The highest BCUT2D eigenvalue weighted by Gasteiger charge is 2.25. The largest absolute Gasteiger partial charge is 0.354 e. The van der Waals surface area contributed by atoms with Crippen LogP contribution in [0.5, 0.6) is 0 Å². The number of hydrogen-bond donors (Lipinski definition) is 1. The van der Waals surface area contributed by atoms with Gasteiger partial charge in [-0.05, 0) is 50.0 Å². The first kappa shape index (κ1) is 20.8. The lowest BCUT2D eigenvalue weighted by molar-refractivity contribution is -0.124.